The van der Waals surface area contributed by atoms with Gasteiger partial charge in [0, 0.05) is 12.7 Å². The standard InChI is InChI=1S/C8H11F2N/c1-3-7(10)6-8(11-2)4-5-9/h3-4,6,11H,1,5H2,2H3/b7-6+,8-4+. The van der Waals surface area contributed by atoms with Crippen molar-refractivity contribution in [2.24, 2.45) is 0 Å². The lowest BCUT2D eigenvalue weighted by Gasteiger charge is -1.97. The molecule has 1 N–H and O–H groups in total. The van der Waals surface area contributed by atoms with Crippen LogP contribution in [-0.4, -0.2) is 13.7 Å². The highest BCUT2D eigenvalue weighted by Gasteiger charge is 1.90. The Morgan fingerprint density at radius 2 is 2.27 bits per heavy atom. The van der Waals surface area contributed by atoms with Crippen molar-refractivity contribution in [3.8, 4) is 0 Å². The van der Waals surface area contributed by atoms with Crippen LogP contribution in [0.15, 0.2) is 36.3 Å². The number of allylic oxidation sites excluding steroid dienone is 4. The second-order valence-corrected chi connectivity index (χ2v) is 1.80. The molecule has 0 atom stereocenters. The average Bonchev–Trinajstić information content (AvgIpc) is 2.03. The fourth-order valence-corrected chi connectivity index (χ4v) is 0.524. The van der Waals surface area contributed by atoms with Gasteiger partial charge in [-0.15, -0.1) is 0 Å². The lowest BCUT2D eigenvalue weighted by Crippen LogP contribution is -2.03. The average molecular weight is 159 g/mol. The number of nitrogens with one attached hydrogen (secondary N) is 1. The third kappa shape index (κ3) is 4.31. The van der Waals surface area contributed by atoms with E-state index in [1.807, 2.05) is 0 Å². The van der Waals surface area contributed by atoms with Gasteiger partial charge in [0.25, 0.3) is 0 Å². The molecular formula is C8H11F2N. The Bertz CT molecular complexity index is 183. The van der Waals surface area contributed by atoms with Crippen LogP contribution in [0.1, 0.15) is 0 Å². The zero-order valence-electron chi connectivity index (χ0n) is 6.40. The van der Waals surface area contributed by atoms with E-state index >= 15 is 0 Å². The first-order valence-electron chi connectivity index (χ1n) is 3.18. The summed E-state index contributed by atoms with van der Waals surface area (Å²) in [7, 11) is 1.59. The molecule has 0 aliphatic heterocycles. The molecule has 0 fully saturated rings. The van der Waals surface area contributed by atoms with Crippen LogP contribution in [0.5, 0.6) is 0 Å². The van der Waals surface area contributed by atoms with Gasteiger partial charge in [-0.05, 0) is 18.2 Å². The predicted octanol–water partition coefficient (Wildman–Crippen LogP) is 2.10. The molecule has 0 unspecified atom stereocenters. The van der Waals surface area contributed by atoms with Gasteiger partial charge in [-0.1, -0.05) is 6.58 Å². The van der Waals surface area contributed by atoms with Crippen LogP contribution in [-0.2, 0) is 0 Å². The quantitative estimate of drug-likeness (QED) is 0.619. The highest BCUT2D eigenvalue weighted by Crippen LogP contribution is 2.01. The summed E-state index contributed by atoms with van der Waals surface area (Å²) in [4.78, 5) is 0. The zero-order chi connectivity index (χ0) is 8.69. The molecule has 62 valence electrons. The van der Waals surface area contributed by atoms with E-state index in [-0.39, 0.29) is 0 Å². The van der Waals surface area contributed by atoms with Crippen LogP contribution in [0.2, 0.25) is 0 Å². The van der Waals surface area contributed by atoms with E-state index in [1.165, 1.54) is 12.2 Å². The van der Waals surface area contributed by atoms with Gasteiger partial charge in [-0.3, -0.25) is 0 Å². The van der Waals surface area contributed by atoms with E-state index in [4.69, 9.17) is 0 Å². The van der Waals surface area contributed by atoms with Crippen LogP contribution >= 0.6 is 0 Å². The lowest BCUT2D eigenvalue weighted by molar-refractivity contribution is 0.558. The summed E-state index contributed by atoms with van der Waals surface area (Å²) in [6.07, 6.45) is 3.47. The van der Waals surface area contributed by atoms with Crippen molar-refractivity contribution in [3.63, 3.8) is 0 Å². The SMILES string of the molecule is C=C/C(F)=C\C(=C/CF)NC. The van der Waals surface area contributed by atoms with Crippen LogP contribution in [0, 0.1) is 0 Å². The summed E-state index contributed by atoms with van der Waals surface area (Å²) in [6, 6.07) is 0. The minimum Gasteiger partial charge on any atom is -0.388 e. The molecule has 0 amide bonds. The molecule has 0 aromatic carbocycles. The van der Waals surface area contributed by atoms with Gasteiger partial charge in [0.1, 0.15) is 12.5 Å². The Balaban J connectivity index is 4.28. The van der Waals surface area contributed by atoms with Crippen molar-refractivity contribution in [1.82, 2.24) is 5.32 Å². The van der Waals surface area contributed by atoms with E-state index in [0.29, 0.717) is 5.70 Å². The molecule has 0 aromatic heterocycles. The maximum Gasteiger partial charge on any atom is 0.124 e. The topological polar surface area (TPSA) is 12.0 Å². The van der Waals surface area contributed by atoms with E-state index in [1.54, 1.807) is 7.05 Å². The first-order valence-corrected chi connectivity index (χ1v) is 3.18. The van der Waals surface area contributed by atoms with Crippen LogP contribution in [0.4, 0.5) is 8.78 Å². The smallest absolute Gasteiger partial charge is 0.124 e. The fourth-order valence-electron chi connectivity index (χ4n) is 0.524. The monoisotopic (exact) mass is 159 g/mol. The molecule has 11 heavy (non-hydrogen) atoms. The van der Waals surface area contributed by atoms with Crippen LogP contribution in [0.25, 0.3) is 0 Å². The normalized spacial score (nSPS) is 13.0. The third-order valence-electron chi connectivity index (χ3n) is 1.07. The summed E-state index contributed by atoms with van der Waals surface area (Å²) in [5.74, 6) is -0.487. The van der Waals surface area contributed by atoms with E-state index < -0.39 is 12.5 Å². The Kier molecular flexibility index (Phi) is 5.07. The second-order valence-electron chi connectivity index (χ2n) is 1.80. The van der Waals surface area contributed by atoms with Crippen molar-refractivity contribution in [2.75, 3.05) is 13.7 Å². The molecule has 0 aliphatic carbocycles. The number of halogens is 2. The van der Waals surface area contributed by atoms with Gasteiger partial charge < -0.3 is 5.32 Å². The minimum absolute atomic E-state index is 0.407. The fraction of sp³-hybridized carbons (Fsp3) is 0.250. The number of hydrogen-bond acceptors (Lipinski definition) is 1. The molecule has 1 nitrogen and oxygen atoms in total. The Morgan fingerprint density at radius 1 is 1.64 bits per heavy atom. The van der Waals surface area contributed by atoms with Gasteiger partial charge in [0.05, 0.1) is 0 Å². The number of likely N-dealkylation sites (N-methyl/N-ethyl adjacent to an activating group) is 1. The third-order valence-corrected chi connectivity index (χ3v) is 1.07. The summed E-state index contributed by atoms with van der Waals surface area (Å²) in [6.45, 7) is 2.60. The number of rotatable bonds is 4. The van der Waals surface area contributed by atoms with Crippen molar-refractivity contribution in [1.29, 1.82) is 0 Å². The van der Waals surface area contributed by atoms with Gasteiger partial charge in [-0.25, -0.2) is 8.78 Å². The van der Waals surface area contributed by atoms with Crippen molar-refractivity contribution < 1.29 is 8.78 Å². The van der Waals surface area contributed by atoms with Crippen molar-refractivity contribution in [3.05, 3.63) is 36.3 Å². The summed E-state index contributed by atoms with van der Waals surface area (Å²) >= 11 is 0. The van der Waals surface area contributed by atoms with E-state index in [9.17, 15) is 8.78 Å². The Labute approximate surface area is 65.1 Å². The molecule has 3 heteroatoms. The molecule has 0 radical (unpaired) electrons. The van der Waals surface area contributed by atoms with Gasteiger partial charge >= 0.3 is 0 Å². The first-order chi connectivity index (χ1) is 5.24. The minimum atomic E-state index is -0.614. The maximum atomic E-state index is 12.4. The second kappa shape index (κ2) is 5.65. The van der Waals surface area contributed by atoms with Crippen molar-refractivity contribution >= 4 is 0 Å². The maximum absolute atomic E-state index is 12.4. The molecule has 0 aromatic rings. The molecular weight excluding hydrogens is 148 g/mol. The predicted molar refractivity (Wildman–Crippen MR) is 42.5 cm³/mol. The number of hydrogen-bond donors (Lipinski definition) is 1. The van der Waals surface area contributed by atoms with E-state index in [2.05, 4.69) is 11.9 Å². The highest BCUT2D eigenvalue weighted by atomic mass is 19.1. The molecule has 0 bridgehead atoms. The van der Waals surface area contributed by atoms with Gasteiger partial charge in [0.15, 0.2) is 0 Å². The molecule has 0 saturated carbocycles. The van der Waals surface area contributed by atoms with Gasteiger partial charge in [-0.2, -0.15) is 0 Å². The number of alkyl halides is 1. The molecule has 0 spiro atoms. The molecule has 0 aliphatic rings. The molecule has 0 saturated heterocycles. The Hall–Kier alpha value is -1.12. The zero-order valence-corrected chi connectivity index (χ0v) is 6.40. The largest absolute Gasteiger partial charge is 0.388 e. The Morgan fingerprint density at radius 3 is 2.64 bits per heavy atom. The van der Waals surface area contributed by atoms with Gasteiger partial charge in [0.2, 0.25) is 0 Å². The van der Waals surface area contributed by atoms with Crippen molar-refractivity contribution in [2.45, 2.75) is 0 Å². The first kappa shape index (κ1) is 9.88. The summed E-state index contributed by atoms with van der Waals surface area (Å²) in [5.41, 5.74) is 0.407. The summed E-state index contributed by atoms with van der Waals surface area (Å²) in [5, 5.41) is 2.63. The molecule has 0 heterocycles. The van der Waals surface area contributed by atoms with Crippen LogP contribution < -0.4 is 5.32 Å². The lowest BCUT2D eigenvalue weighted by atomic mass is 10.3. The molecule has 0 rings (SSSR count). The van der Waals surface area contributed by atoms with Crippen LogP contribution in [0.3, 0.4) is 0 Å². The summed E-state index contributed by atoms with van der Waals surface area (Å²) < 4.78 is 24.1. The highest BCUT2D eigenvalue weighted by molar-refractivity contribution is 5.23. The van der Waals surface area contributed by atoms with E-state index in [0.717, 1.165) is 6.08 Å².